The number of sulfone groups is 1. The van der Waals surface area contributed by atoms with Crippen molar-refractivity contribution in [2.45, 2.75) is 0 Å². The SMILES string of the molecule is CS(C)(=O)=O.F.F.F.F. The lowest BCUT2D eigenvalue weighted by Gasteiger charge is -1.69. The molecule has 7 heteroatoms. The van der Waals surface area contributed by atoms with Crippen LogP contribution >= 0.6 is 0 Å². The van der Waals surface area contributed by atoms with Crippen LogP contribution in [0.4, 0.5) is 18.8 Å². The van der Waals surface area contributed by atoms with Crippen LogP contribution in [-0.4, -0.2) is 20.9 Å². The molecule has 0 aliphatic heterocycles. The van der Waals surface area contributed by atoms with Crippen LogP contribution < -0.4 is 0 Å². The Hall–Kier alpha value is -0.330. The standard InChI is InChI=1S/C2H6O2S.4FH/c1-5(2,3)4;;;;/h1-2H3;4*1H. The van der Waals surface area contributed by atoms with Gasteiger partial charge in [-0.05, 0) is 0 Å². The molecule has 0 atom stereocenters. The van der Waals surface area contributed by atoms with Gasteiger partial charge in [0.25, 0.3) is 0 Å². The average molecular weight is 174 g/mol. The first kappa shape index (κ1) is 37.9. The van der Waals surface area contributed by atoms with Crippen LogP contribution in [0.15, 0.2) is 0 Å². The van der Waals surface area contributed by atoms with Crippen molar-refractivity contribution in [1.82, 2.24) is 0 Å². The maximum atomic E-state index is 9.63. The van der Waals surface area contributed by atoms with E-state index in [1.54, 1.807) is 0 Å². The van der Waals surface area contributed by atoms with Crippen LogP contribution in [0.1, 0.15) is 0 Å². The zero-order valence-electron chi connectivity index (χ0n) is 4.86. The topological polar surface area (TPSA) is 34.1 Å². The second kappa shape index (κ2) is 10.6. The molecule has 0 N–H and O–H groups in total. The summed E-state index contributed by atoms with van der Waals surface area (Å²) in [5.41, 5.74) is 0. The normalized spacial score (nSPS) is 6.44. The highest BCUT2D eigenvalue weighted by Crippen LogP contribution is 1.61. The Bertz CT molecular complexity index is 99.7. The van der Waals surface area contributed by atoms with Gasteiger partial charge in [0.2, 0.25) is 0 Å². The Morgan fingerprint density at radius 2 is 0.778 bits per heavy atom. The van der Waals surface area contributed by atoms with E-state index in [0.717, 1.165) is 12.5 Å². The fourth-order valence-corrected chi connectivity index (χ4v) is 0. The van der Waals surface area contributed by atoms with E-state index < -0.39 is 9.84 Å². The summed E-state index contributed by atoms with van der Waals surface area (Å²) >= 11 is 0. The summed E-state index contributed by atoms with van der Waals surface area (Å²) in [4.78, 5) is 0. The summed E-state index contributed by atoms with van der Waals surface area (Å²) in [5.74, 6) is 0. The molecule has 64 valence electrons. The molecular weight excluding hydrogens is 164 g/mol. The van der Waals surface area contributed by atoms with Crippen molar-refractivity contribution in [1.29, 1.82) is 0 Å². The largest absolute Gasteiger partial charge is 0.269 e. The van der Waals surface area contributed by atoms with Crippen molar-refractivity contribution in [3.8, 4) is 0 Å². The minimum Gasteiger partial charge on any atom is -0.269 e. The second-order valence-electron chi connectivity index (χ2n) is 1.14. The highest BCUT2D eigenvalue weighted by Gasteiger charge is 1.79. The van der Waals surface area contributed by atoms with Crippen LogP contribution in [0, 0.1) is 0 Å². The third-order valence-corrected chi connectivity index (χ3v) is 0. The Kier molecular flexibility index (Phi) is 44.7. The summed E-state index contributed by atoms with van der Waals surface area (Å²) in [7, 11) is -2.67. The van der Waals surface area contributed by atoms with Crippen molar-refractivity contribution in [3.05, 3.63) is 0 Å². The molecule has 0 aliphatic carbocycles. The molecule has 9 heavy (non-hydrogen) atoms. The lowest BCUT2D eigenvalue weighted by Crippen LogP contribution is -1.86. The molecule has 0 saturated carbocycles. The molecule has 2 nitrogen and oxygen atoms in total. The van der Waals surface area contributed by atoms with Crippen molar-refractivity contribution in [2.24, 2.45) is 0 Å². The molecule has 0 amide bonds. The van der Waals surface area contributed by atoms with Gasteiger partial charge in [0, 0.05) is 12.5 Å². The van der Waals surface area contributed by atoms with E-state index in [4.69, 9.17) is 0 Å². The minimum absolute atomic E-state index is 0. The van der Waals surface area contributed by atoms with Gasteiger partial charge < -0.3 is 0 Å². The van der Waals surface area contributed by atoms with Gasteiger partial charge in [-0.3, -0.25) is 18.8 Å². The van der Waals surface area contributed by atoms with E-state index in [0.29, 0.717) is 0 Å². The molecule has 0 aromatic heterocycles. The molecule has 0 aliphatic rings. The van der Waals surface area contributed by atoms with E-state index in [-0.39, 0.29) is 18.8 Å². The summed E-state index contributed by atoms with van der Waals surface area (Å²) in [6.07, 6.45) is 2.32. The van der Waals surface area contributed by atoms with Gasteiger partial charge in [-0.1, -0.05) is 0 Å². The third-order valence-electron chi connectivity index (χ3n) is 0. The zero-order valence-corrected chi connectivity index (χ0v) is 5.67. The summed E-state index contributed by atoms with van der Waals surface area (Å²) in [6, 6.07) is 0. The zero-order chi connectivity index (χ0) is 4.50. The van der Waals surface area contributed by atoms with E-state index in [2.05, 4.69) is 0 Å². The predicted molar refractivity (Wildman–Crippen MR) is 30.8 cm³/mol. The molecule has 0 aromatic carbocycles. The monoisotopic (exact) mass is 174 g/mol. The van der Waals surface area contributed by atoms with Crippen molar-refractivity contribution in [3.63, 3.8) is 0 Å². The number of hydrogen-bond acceptors (Lipinski definition) is 2. The second-order valence-corrected chi connectivity index (χ2v) is 3.43. The first-order chi connectivity index (χ1) is 2.00. The minimum atomic E-state index is -2.67. The lowest BCUT2D eigenvalue weighted by atomic mass is 11.9. The van der Waals surface area contributed by atoms with Gasteiger partial charge >= 0.3 is 0 Å². The molecule has 0 bridgehead atoms. The first-order valence-corrected chi connectivity index (χ1v) is 3.45. The molecule has 0 saturated heterocycles. The van der Waals surface area contributed by atoms with Crippen LogP contribution in [0.2, 0.25) is 0 Å². The summed E-state index contributed by atoms with van der Waals surface area (Å²) in [6.45, 7) is 0. The van der Waals surface area contributed by atoms with Crippen molar-refractivity contribution in [2.75, 3.05) is 12.5 Å². The number of halogens is 4. The molecular formula is C2H10F4O2S. The van der Waals surface area contributed by atoms with Crippen molar-refractivity contribution >= 4 is 9.84 Å². The number of rotatable bonds is 0. The quantitative estimate of drug-likeness (QED) is 0.494. The van der Waals surface area contributed by atoms with Gasteiger partial charge in [-0.25, -0.2) is 8.42 Å². The van der Waals surface area contributed by atoms with Crippen molar-refractivity contribution < 1.29 is 27.2 Å². The Labute approximate surface area is 50.6 Å². The molecule has 0 heterocycles. The van der Waals surface area contributed by atoms with Gasteiger partial charge in [0.15, 0.2) is 0 Å². The molecule has 0 rings (SSSR count). The van der Waals surface area contributed by atoms with Gasteiger partial charge in [-0.15, -0.1) is 0 Å². The average Bonchev–Trinajstić information content (AvgIpc) is 0.722. The van der Waals surface area contributed by atoms with Crippen LogP contribution in [0.25, 0.3) is 0 Å². The molecule has 0 fully saturated rings. The highest BCUT2D eigenvalue weighted by atomic mass is 32.2. The number of hydrogen-bond donors (Lipinski definition) is 0. The van der Waals surface area contributed by atoms with Gasteiger partial charge in [-0.2, -0.15) is 0 Å². The van der Waals surface area contributed by atoms with E-state index in [9.17, 15) is 8.42 Å². The van der Waals surface area contributed by atoms with E-state index in [1.165, 1.54) is 0 Å². The van der Waals surface area contributed by atoms with Gasteiger partial charge in [0.05, 0.1) is 0 Å². The Balaban J connectivity index is -0.0000000133. The van der Waals surface area contributed by atoms with Gasteiger partial charge in [0.1, 0.15) is 9.84 Å². The fourth-order valence-electron chi connectivity index (χ4n) is 0. The third kappa shape index (κ3) is 2260. The van der Waals surface area contributed by atoms with E-state index in [1.807, 2.05) is 0 Å². The fraction of sp³-hybridized carbons (Fsp3) is 1.00. The van der Waals surface area contributed by atoms with Crippen LogP contribution in [-0.2, 0) is 9.84 Å². The summed E-state index contributed by atoms with van der Waals surface area (Å²) in [5, 5.41) is 0. The maximum absolute atomic E-state index is 9.63. The van der Waals surface area contributed by atoms with E-state index >= 15 is 0 Å². The molecule has 0 unspecified atom stereocenters. The van der Waals surface area contributed by atoms with Crippen LogP contribution in [0.3, 0.4) is 0 Å². The highest BCUT2D eigenvalue weighted by molar-refractivity contribution is 7.89. The smallest absolute Gasteiger partial charge is 0.144 e. The molecule has 0 radical (unpaired) electrons. The Morgan fingerprint density at radius 3 is 0.778 bits per heavy atom. The first-order valence-electron chi connectivity index (χ1n) is 1.15. The molecule has 0 spiro atoms. The van der Waals surface area contributed by atoms with Crippen LogP contribution in [0.5, 0.6) is 0 Å². The predicted octanol–water partition coefficient (Wildman–Crippen LogP) is 0.271. The lowest BCUT2D eigenvalue weighted by molar-refractivity contribution is 0.607. The Morgan fingerprint density at radius 1 is 0.778 bits per heavy atom. The maximum Gasteiger partial charge on any atom is 0.144 e. The summed E-state index contributed by atoms with van der Waals surface area (Å²) < 4.78 is 19.3. The molecule has 0 aromatic rings.